The molecule has 2 aliphatic rings. The average molecular weight is 250 g/mol. The lowest BCUT2D eigenvalue weighted by molar-refractivity contribution is 0.180. The fraction of sp³-hybridized carbons (Fsp3) is 0.769. The Labute approximate surface area is 108 Å². The summed E-state index contributed by atoms with van der Waals surface area (Å²) in [5, 5.41) is 0. The zero-order valence-corrected chi connectivity index (χ0v) is 11.0. The maximum Gasteiger partial charge on any atom is 0.0951 e. The minimum atomic E-state index is 0.0564. The lowest BCUT2D eigenvalue weighted by Gasteiger charge is -2.22. The Morgan fingerprint density at radius 3 is 3.06 bits per heavy atom. The van der Waals surface area contributed by atoms with Crippen LogP contribution >= 0.6 is 0 Å². The van der Waals surface area contributed by atoms with Crippen molar-refractivity contribution in [2.24, 2.45) is 11.7 Å². The number of ether oxygens (including phenoxy) is 1. The number of hydrogen-bond donors (Lipinski definition) is 1. The van der Waals surface area contributed by atoms with Crippen LogP contribution in [0.1, 0.15) is 30.6 Å². The smallest absolute Gasteiger partial charge is 0.0951 e. The molecular formula is C13H22N4O. The second kappa shape index (κ2) is 4.99. The molecule has 18 heavy (non-hydrogen) atoms. The Kier molecular flexibility index (Phi) is 3.37. The van der Waals surface area contributed by atoms with Crippen LogP contribution in [0.15, 0.2) is 12.5 Å². The van der Waals surface area contributed by atoms with Crippen LogP contribution in [0.25, 0.3) is 0 Å². The standard InChI is InChI=1S/C13H22N4O/c1-16-4-2-11(7-16)17-9-15-6-12(17)13(14)10-3-5-18-8-10/h6,9-11,13H,2-5,7-8,14H2,1H3. The molecule has 2 fully saturated rings. The van der Waals surface area contributed by atoms with Gasteiger partial charge in [0.15, 0.2) is 0 Å². The third kappa shape index (κ3) is 2.18. The van der Waals surface area contributed by atoms with Gasteiger partial charge >= 0.3 is 0 Å². The van der Waals surface area contributed by atoms with E-state index in [0.717, 1.165) is 32.7 Å². The normalized spacial score (nSPS) is 31.0. The molecule has 0 aliphatic carbocycles. The van der Waals surface area contributed by atoms with E-state index in [1.807, 2.05) is 12.5 Å². The van der Waals surface area contributed by atoms with Gasteiger partial charge in [-0.1, -0.05) is 0 Å². The van der Waals surface area contributed by atoms with E-state index in [-0.39, 0.29) is 6.04 Å². The predicted octanol–water partition coefficient (Wildman–Crippen LogP) is 0.796. The van der Waals surface area contributed by atoms with E-state index in [0.29, 0.717) is 12.0 Å². The van der Waals surface area contributed by atoms with Crippen LogP contribution in [0.5, 0.6) is 0 Å². The summed E-state index contributed by atoms with van der Waals surface area (Å²) in [5.74, 6) is 0.444. The van der Waals surface area contributed by atoms with Crippen LogP contribution in [0, 0.1) is 5.92 Å². The number of nitrogens with two attached hydrogens (primary N) is 1. The summed E-state index contributed by atoms with van der Waals surface area (Å²) in [5.41, 5.74) is 7.57. The molecule has 3 heterocycles. The Bertz CT molecular complexity index is 399. The van der Waals surface area contributed by atoms with Gasteiger partial charge < -0.3 is 19.9 Å². The van der Waals surface area contributed by atoms with E-state index in [1.54, 1.807) is 0 Å². The van der Waals surface area contributed by atoms with E-state index in [2.05, 4.69) is 21.5 Å². The number of likely N-dealkylation sites (N-methyl/N-ethyl adjacent to an activating group) is 1. The monoisotopic (exact) mass is 250 g/mol. The average Bonchev–Trinajstić information content (AvgIpc) is 3.09. The molecule has 2 saturated heterocycles. The van der Waals surface area contributed by atoms with Crippen LogP contribution in [-0.4, -0.2) is 47.8 Å². The predicted molar refractivity (Wildman–Crippen MR) is 69.2 cm³/mol. The molecule has 0 amide bonds. The van der Waals surface area contributed by atoms with Crippen molar-refractivity contribution < 1.29 is 4.74 Å². The second-order valence-electron chi connectivity index (χ2n) is 5.58. The van der Waals surface area contributed by atoms with E-state index in [1.165, 1.54) is 12.1 Å². The first-order valence-corrected chi connectivity index (χ1v) is 6.79. The van der Waals surface area contributed by atoms with Crippen molar-refractivity contribution in [1.82, 2.24) is 14.5 Å². The Hall–Kier alpha value is -0.910. The minimum Gasteiger partial charge on any atom is -0.381 e. The molecule has 3 unspecified atom stereocenters. The lowest BCUT2D eigenvalue weighted by atomic mass is 9.97. The SMILES string of the molecule is CN1CCC(n2cncc2C(N)C2CCOC2)C1. The molecule has 3 atom stereocenters. The first-order chi connectivity index (χ1) is 8.75. The quantitative estimate of drug-likeness (QED) is 0.862. The van der Waals surface area contributed by atoms with Gasteiger partial charge in [-0.2, -0.15) is 0 Å². The van der Waals surface area contributed by atoms with Crippen molar-refractivity contribution in [3.63, 3.8) is 0 Å². The van der Waals surface area contributed by atoms with Gasteiger partial charge in [0.2, 0.25) is 0 Å². The zero-order valence-electron chi connectivity index (χ0n) is 11.0. The van der Waals surface area contributed by atoms with E-state index < -0.39 is 0 Å². The van der Waals surface area contributed by atoms with Crippen LogP contribution in [0.4, 0.5) is 0 Å². The zero-order chi connectivity index (χ0) is 12.5. The number of aromatic nitrogens is 2. The largest absolute Gasteiger partial charge is 0.381 e. The van der Waals surface area contributed by atoms with E-state index in [9.17, 15) is 0 Å². The van der Waals surface area contributed by atoms with Crippen molar-refractivity contribution in [3.05, 3.63) is 18.2 Å². The van der Waals surface area contributed by atoms with Crippen molar-refractivity contribution in [1.29, 1.82) is 0 Å². The highest BCUT2D eigenvalue weighted by atomic mass is 16.5. The Morgan fingerprint density at radius 1 is 1.50 bits per heavy atom. The Balaban J connectivity index is 1.78. The van der Waals surface area contributed by atoms with E-state index >= 15 is 0 Å². The molecule has 0 spiro atoms. The summed E-state index contributed by atoms with van der Waals surface area (Å²) >= 11 is 0. The highest BCUT2D eigenvalue weighted by molar-refractivity contribution is 5.09. The van der Waals surface area contributed by atoms with Crippen LogP contribution in [0.3, 0.4) is 0 Å². The summed E-state index contributed by atoms with van der Waals surface area (Å²) in [6.07, 6.45) is 6.13. The van der Waals surface area contributed by atoms with Crippen molar-refractivity contribution >= 4 is 0 Å². The number of likely N-dealkylation sites (tertiary alicyclic amines) is 1. The van der Waals surface area contributed by atoms with Gasteiger partial charge in [-0.05, 0) is 26.4 Å². The number of imidazole rings is 1. The molecule has 3 rings (SSSR count). The molecule has 2 N–H and O–H groups in total. The molecule has 100 valence electrons. The van der Waals surface area contributed by atoms with E-state index in [4.69, 9.17) is 10.5 Å². The summed E-state index contributed by atoms with van der Waals surface area (Å²) < 4.78 is 7.73. The molecule has 2 aliphatic heterocycles. The molecule has 0 radical (unpaired) electrons. The molecular weight excluding hydrogens is 228 g/mol. The summed E-state index contributed by atoms with van der Waals surface area (Å²) in [7, 11) is 2.17. The Morgan fingerprint density at radius 2 is 2.39 bits per heavy atom. The fourth-order valence-corrected chi connectivity index (χ4v) is 3.09. The summed E-state index contributed by atoms with van der Waals surface area (Å²) in [4.78, 5) is 6.67. The van der Waals surface area contributed by atoms with Gasteiger partial charge in [-0.25, -0.2) is 4.98 Å². The topological polar surface area (TPSA) is 56.3 Å². The maximum absolute atomic E-state index is 6.39. The van der Waals surface area contributed by atoms with Gasteiger partial charge in [-0.15, -0.1) is 0 Å². The van der Waals surface area contributed by atoms with Crippen LogP contribution in [-0.2, 0) is 4.74 Å². The van der Waals surface area contributed by atoms with Gasteiger partial charge in [0, 0.05) is 31.3 Å². The molecule has 1 aromatic rings. The molecule has 1 aromatic heterocycles. The van der Waals surface area contributed by atoms with Crippen molar-refractivity contribution in [2.45, 2.75) is 24.9 Å². The van der Waals surface area contributed by atoms with Gasteiger partial charge in [0.1, 0.15) is 0 Å². The highest BCUT2D eigenvalue weighted by Crippen LogP contribution is 2.30. The third-order valence-corrected chi connectivity index (χ3v) is 4.27. The molecule has 0 saturated carbocycles. The highest BCUT2D eigenvalue weighted by Gasteiger charge is 2.29. The summed E-state index contributed by atoms with van der Waals surface area (Å²) in [6, 6.07) is 0.585. The van der Waals surface area contributed by atoms with Crippen LogP contribution < -0.4 is 5.73 Å². The molecule has 5 heteroatoms. The van der Waals surface area contributed by atoms with Crippen molar-refractivity contribution in [3.8, 4) is 0 Å². The third-order valence-electron chi connectivity index (χ3n) is 4.27. The maximum atomic E-state index is 6.39. The van der Waals surface area contributed by atoms with Gasteiger partial charge in [-0.3, -0.25) is 0 Å². The second-order valence-corrected chi connectivity index (χ2v) is 5.58. The lowest BCUT2D eigenvalue weighted by Crippen LogP contribution is -2.26. The first kappa shape index (κ1) is 12.1. The van der Waals surface area contributed by atoms with Gasteiger partial charge in [0.25, 0.3) is 0 Å². The molecule has 0 bridgehead atoms. The van der Waals surface area contributed by atoms with Gasteiger partial charge in [0.05, 0.1) is 24.7 Å². The molecule has 5 nitrogen and oxygen atoms in total. The van der Waals surface area contributed by atoms with Crippen LogP contribution in [0.2, 0.25) is 0 Å². The number of hydrogen-bond acceptors (Lipinski definition) is 4. The number of rotatable bonds is 3. The minimum absolute atomic E-state index is 0.0564. The fourth-order valence-electron chi connectivity index (χ4n) is 3.09. The summed E-state index contributed by atoms with van der Waals surface area (Å²) in [6.45, 7) is 3.89. The molecule has 0 aromatic carbocycles. The van der Waals surface area contributed by atoms with Crippen molar-refractivity contribution in [2.75, 3.05) is 33.4 Å². The first-order valence-electron chi connectivity index (χ1n) is 6.79. The number of nitrogens with zero attached hydrogens (tertiary/aromatic N) is 3.